The van der Waals surface area contributed by atoms with Gasteiger partial charge in [-0.1, -0.05) is 0 Å². The standard InChI is InChI=1S/C4H9O2S/c1-3(7-2)4(5)6/h3,5-6H,1-2H3. The summed E-state index contributed by atoms with van der Waals surface area (Å²) in [5.74, 6) is 0. The molecule has 2 nitrogen and oxygen atoms in total. The molecule has 0 aliphatic carbocycles. The molecule has 7 heavy (non-hydrogen) atoms. The van der Waals surface area contributed by atoms with Crippen LogP contribution in [0.2, 0.25) is 0 Å². The molecule has 0 aliphatic heterocycles. The van der Waals surface area contributed by atoms with Crippen molar-refractivity contribution in [2.75, 3.05) is 6.26 Å². The first-order chi connectivity index (χ1) is 3.18. The number of hydrogen-bond acceptors (Lipinski definition) is 3. The molecule has 1 unspecified atom stereocenters. The zero-order valence-electron chi connectivity index (χ0n) is 4.38. The fourth-order valence-electron chi connectivity index (χ4n) is 0.105. The first kappa shape index (κ1) is 7.27. The molecular formula is C4H9O2S. The maximum Gasteiger partial charge on any atom is 0.231 e. The van der Waals surface area contributed by atoms with Gasteiger partial charge in [-0.05, 0) is 13.2 Å². The molecule has 0 fully saturated rings. The third kappa shape index (κ3) is 2.91. The summed E-state index contributed by atoms with van der Waals surface area (Å²) in [5.41, 5.74) is 0. The van der Waals surface area contributed by atoms with Gasteiger partial charge in [-0.15, -0.1) is 0 Å². The largest absolute Gasteiger partial charge is 0.361 e. The number of thioether (sulfide) groups is 1. The van der Waals surface area contributed by atoms with E-state index in [0.717, 1.165) is 0 Å². The summed E-state index contributed by atoms with van der Waals surface area (Å²) < 4.78 is 0. The van der Waals surface area contributed by atoms with Gasteiger partial charge in [0.2, 0.25) is 6.29 Å². The van der Waals surface area contributed by atoms with Crippen molar-refractivity contribution in [3.63, 3.8) is 0 Å². The fraction of sp³-hybridized carbons (Fsp3) is 0.750. The van der Waals surface area contributed by atoms with E-state index in [2.05, 4.69) is 0 Å². The zero-order valence-corrected chi connectivity index (χ0v) is 5.20. The van der Waals surface area contributed by atoms with Crippen LogP contribution in [0.4, 0.5) is 0 Å². The van der Waals surface area contributed by atoms with Crippen molar-refractivity contribution < 1.29 is 10.2 Å². The Bertz CT molecular complexity index is 47.0. The zero-order chi connectivity index (χ0) is 5.86. The van der Waals surface area contributed by atoms with E-state index in [1.54, 1.807) is 6.92 Å². The van der Waals surface area contributed by atoms with Crippen LogP contribution >= 0.6 is 11.8 Å². The van der Waals surface area contributed by atoms with Crippen LogP contribution in [-0.4, -0.2) is 21.7 Å². The summed E-state index contributed by atoms with van der Waals surface area (Å²) in [4.78, 5) is 0. The number of aliphatic hydroxyl groups excluding tert-OH is 1. The van der Waals surface area contributed by atoms with Crippen molar-refractivity contribution in [2.45, 2.75) is 12.2 Å². The molecule has 1 atom stereocenters. The normalized spacial score (nSPS) is 15.0. The lowest BCUT2D eigenvalue weighted by Gasteiger charge is -2.05. The molecule has 1 radical (unpaired) electrons. The third-order valence-electron chi connectivity index (χ3n) is 0.717. The SMILES string of the molecule is CSC(C)[C](O)O. The molecule has 0 bridgehead atoms. The molecule has 0 amide bonds. The highest BCUT2D eigenvalue weighted by Crippen LogP contribution is 2.11. The second-order valence-corrected chi connectivity index (χ2v) is 2.41. The molecule has 0 heterocycles. The van der Waals surface area contributed by atoms with Crippen LogP contribution in [0.25, 0.3) is 0 Å². The van der Waals surface area contributed by atoms with Crippen molar-refractivity contribution in [2.24, 2.45) is 0 Å². The molecular weight excluding hydrogens is 112 g/mol. The molecule has 0 aromatic rings. The Labute approximate surface area is 47.5 Å². The van der Waals surface area contributed by atoms with Gasteiger partial charge in [-0.2, -0.15) is 11.8 Å². The highest BCUT2D eigenvalue weighted by Gasteiger charge is 2.08. The lowest BCUT2D eigenvalue weighted by Crippen LogP contribution is -2.07. The van der Waals surface area contributed by atoms with Gasteiger partial charge in [0.05, 0.1) is 5.25 Å². The molecule has 2 N–H and O–H groups in total. The Balaban J connectivity index is 3.14. The topological polar surface area (TPSA) is 40.5 Å². The van der Waals surface area contributed by atoms with Crippen LogP contribution < -0.4 is 0 Å². The van der Waals surface area contributed by atoms with Gasteiger partial charge in [-0.25, -0.2) is 0 Å². The van der Waals surface area contributed by atoms with E-state index in [1.165, 1.54) is 11.8 Å². The van der Waals surface area contributed by atoms with E-state index in [4.69, 9.17) is 10.2 Å². The molecule has 0 aliphatic rings. The lowest BCUT2D eigenvalue weighted by atomic mass is 10.5. The van der Waals surface area contributed by atoms with Crippen molar-refractivity contribution in [1.29, 1.82) is 0 Å². The highest BCUT2D eigenvalue weighted by molar-refractivity contribution is 7.99. The third-order valence-corrected chi connectivity index (χ3v) is 1.64. The van der Waals surface area contributed by atoms with Gasteiger partial charge >= 0.3 is 0 Å². The van der Waals surface area contributed by atoms with Crippen LogP contribution in [0.1, 0.15) is 6.92 Å². The summed E-state index contributed by atoms with van der Waals surface area (Å²) >= 11 is 1.40. The quantitative estimate of drug-likeness (QED) is 0.572. The van der Waals surface area contributed by atoms with Gasteiger partial charge in [0.25, 0.3) is 0 Å². The number of aliphatic hydroxyl groups is 2. The Kier molecular flexibility index (Phi) is 3.42. The van der Waals surface area contributed by atoms with Gasteiger partial charge in [0, 0.05) is 0 Å². The lowest BCUT2D eigenvalue weighted by molar-refractivity contribution is 0.0806. The molecule has 0 aromatic heterocycles. The first-order valence-electron chi connectivity index (χ1n) is 1.96. The molecule has 3 heteroatoms. The van der Waals surface area contributed by atoms with E-state index in [0.29, 0.717) is 0 Å². The Hall–Kier alpha value is 0.270. The maximum atomic E-state index is 8.27. The second kappa shape index (κ2) is 3.29. The van der Waals surface area contributed by atoms with Crippen molar-refractivity contribution in [3.05, 3.63) is 6.29 Å². The average Bonchev–Trinajstić information content (AvgIpc) is 1.65. The smallest absolute Gasteiger partial charge is 0.231 e. The molecule has 0 saturated carbocycles. The predicted octanol–water partition coefficient (Wildman–Crippen LogP) is 0.972. The van der Waals surface area contributed by atoms with Gasteiger partial charge in [0.1, 0.15) is 0 Å². The summed E-state index contributed by atoms with van der Waals surface area (Å²) in [5, 5.41) is 16.4. The average molecular weight is 121 g/mol. The first-order valence-corrected chi connectivity index (χ1v) is 3.25. The van der Waals surface area contributed by atoms with Crippen molar-refractivity contribution in [3.8, 4) is 0 Å². The van der Waals surface area contributed by atoms with E-state index in [-0.39, 0.29) is 5.25 Å². The number of rotatable bonds is 2. The minimum Gasteiger partial charge on any atom is -0.361 e. The molecule has 0 aromatic carbocycles. The van der Waals surface area contributed by atoms with Gasteiger partial charge in [0.15, 0.2) is 0 Å². The van der Waals surface area contributed by atoms with Crippen molar-refractivity contribution in [1.82, 2.24) is 0 Å². The van der Waals surface area contributed by atoms with Crippen LogP contribution in [-0.2, 0) is 0 Å². The van der Waals surface area contributed by atoms with E-state index < -0.39 is 6.29 Å². The minimum atomic E-state index is -0.493. The van der Waals surface area contributed by atoms with Gasteiger partial charge in [-0.3, -0.25) is 0 Å². The van der Waals surface area contributed by atoms with Crippen LogP contribution in [0, 0.1) is 6.29 Å². The van der Waals surface area contributed by atoms with Crippen molar-refractivity contribution >= 4 is 11.8 Å². The Morgan fingerprint density at radius 3 is 2.00 bits per heavy atom. The van der Waals surface area contributed by atoms with Crippen LogP contribution in [0.15, 0.2) is 0 Å². The molecule has 0 rings (SSSR count). The highest BCUT2D eigenvalue weighted by atomic mass is 32.2. The summed E-state index contributed by atoms with van der Waals surface area (Å²) in [6.45, 7) is 1.72. The predicted molar refractivity (Wildman–Crippen MR) is 30.1 cm³/mol. The number of hydrogen-bond donors (Lipinski definition) is 2. The summed E-state index contributed by atoms with van der Waals surface area (Å²) in [6, 6.07) is 0. The van der Waals surface area contributed by atoms with E-state index in [9.17, 15) is 0 Å². The van der Waals surface area contributed by atoms with E-state index in [1.807, 2.05) is 6.26 Å². The van der Waals surface area contributed by atoms with Crippen LogP contribution in [0.5, 0.6) is 0 Å². The summed E-state index contributed by atoms with van der Waals surface area (Å²) in [7, 11) is 0. The Morgan fingerprint density at radius 1 is 1.57 bits per heavy atom. The minimum absolute atomic E-state index is 0.153. The molecule has 0 spiro atoms. The maximum absolute atomic E-state index is 8.27. The summed E-state index contributed by atoms with van der Waals surface area (Å²) in [6.07, 6.45) is 1.32. The van der Waals surface area contributed by atoms with Gasteiger partial charge < -0.3 is 10.2 Å². The molecule has 0 saturated heterocycles. The monoisotopic (exact) mass is 121 g/mol. The fourth-order valence-corrected chi connectivity index (χ4v) is 0.316. The molecule has 43 valence electrons. The Morgan fingerprint density at radius 2 is 2.00 bits per heavy atom. The second-order valence-electron chi connectivity index (χ2n) is 1.24. The van der Waals surface area contributed by atoms with Crippen LogP contribution in [0.3, 0.4) is 0 Å². The van der Waals surface area contributed by atoms with E-state index >= 15 is 0 Å².